The van der Waals surface area contributed by atoms with E-state index in [1.807, 2.05) is 0 Å². The Morgan fingerprint density at radius 2 is 1.60 bits per heavy atom. The van der Waals surface area contributed by atoms with Crippen molar-refractivity contribution in [2.75, 3.05) is 0 Å². The maximum absolute atomic E-state index is 12.0. The van der Waals surface area contributed by atoms with E-state index in [0.29, 0.717) is 16.9 Å². The van der Waals surface area contributed by atoms with Gasteiger partial charge >= 0.3 is 5.97 Å². The Kier molecular flexibility index (Phi) is 4.34. The summed E-state index contributed by atoms with van der Waals surface area (Å²) in [5.74, 6) is -0.672. The number of phenols is 1. The molecule has 0 amide bonds. The van der Waals surface area contributed by atoms with Crippen LogP contribution < -0.4 is 4.74 Å². The summed E-state index contributed by atoms with van der Waals surface area (Å²) in [6, 6.07) is 11.0. The van der Waals surface area contributed by atoms with Crippen LogP contribution in [0.5, 0.6) is 11.5 Å². The Labute approximate surface area is 115 Å². The highest BCUT2D eigenvalue weighted by molar-refractivity contribution is 5.94. The van der Waals surface area contributed by atoms with E-state index < -0.39 is 5.97 Å². The zero-order valence-corrected chi connectivity index (χ0v) is 10.6. The molecule has 0 aromatic heterocycles. The summed E-state index contributed by atoms with van der Waals surface area (Å²) in [5.41, 5.74) is 0.668. The van der Waals surface area contributed by atoms with Crippen molar-refractivity contribution in [2.45, 2.75) is 13.2 Å². The first kappa shape index (κ1) is 14.0. The molecule has 104 valence electrons. The van der Waals surface area contributed by atoms with Crippen LogP contribution in [0.15, 0.2) is 42.5 Å². The Balaban J connectivity index is 2.30. The van der Waals surface area contributed by atoms with Gasteiger partial charge in [-0.1, -0.05) is 18.2 Å². The second-order valence-electron chi connectivity index (χ2n) is 4.16. The van der Waals surface area contributed by atoms with E-state index in [1.165, 1.54) is 12.1 Å². The number of aliphatic hydroxyl groups excluding tert-OH is 2. The van der Waals surface area contributed by atoms with Crippen molar-refractivity contribution in [1.29, 1.82) is 0 Å². The number of hydrogen-bond donors (Lipinski definition) is 3. The van der Waals surface area contributed by atoms with Gasteiger partial charge in [0.15, 0.2) is 0 Å². The zero-order valence-electron chi connectivity index (χ0n) is 10.6. The minimum Gasteiger partial charge on any atom is -0.507 e. The number of hydrogen-bond acceptors (Lipinski definition) is 5. The van der Waals surface area contributed by atoms with Crippen LogP contribution in [-0.2, 0) is 13.2 Å². The number of para-hydroxylation sites is 1. The first-order chi connectivity index (χ1) is 9.65. The maximum Gasteiger partial charge on any atom is 0.347 e. The molecule has 0 aliphatic rings. The quantitative estimate of drug-likeness (QED) is 0.582. The van der Waals surface area contributed by atoms with Crippen molar-refractivity contribution < 1.29 is 24.9 Å². The molecule has 2 aromatic rings. The van der Waals surface area contributed by atoms with Gasteiger partial charge in [-0.25, -0.2) is 4.79 Å². The number of rotatable bonds is 4. The highest BCUT2D eigenvalue weighted by Crippen LogP contribution is 2.24. The molecule has 0 heterocycles. The summed E-state index contributed by atoms with van der Waals surface area (Å²) in [4.78, 5) is 12.0. The molecule has 0 radical (unpaired) electrons. The molecule has 5 heteroatoms. The van der Waals surface area contributed by atoms with Crippen molar-refractivity contribution in [2.24, 2.45) is 0 Å². The lowest BCUT2D eigenvalue weighted by atomic mass is 10.0. The Morgan fingerprint density at radius 1 is 1.00 bits per heavy atom. The predicted octanol–water partition coefficient (Wildman–Crippen LogP) is 1.60. The lowest BCUT2D eigenvalue weighted by molar-refractivity contribution is 0.0731. The predicted molar refractivity (Wildman–Crippen MR) is 71.4 cm³/mol. The van der Waals surface area contributed by atoms with Gasteiger partial charge in [0.25, 0.3) is 0 Å². The smallest absolute Gasteiger partial charge is 0.347 e. The Morgan fingerprint density at radius 3 is 2.20 bits per heavy atom. The first-order valence-corrected chi connectivity index (χ1v) is 5.99. The third kappa shape index (κ3) is 2.96. The maximum atomic E-state index is 12.0. The molecule has 2 rings (SSSR count). The number of benzene rings is 2. The normalized spacial score (nSPS) is 10.3. The molecule has 2 aromatic carbocycles. The van der Waals surface area contributed by atoms with Gasteiger partial charge in [-0.3, -0.25) is 0 Å². The molecular formula is C15H14O5. The third-order valence-corrected chi connectivity index (χ3v) is 2.83. The average molecular weight is 274 g/mol. The monoisotopic (exact) mass is 274 g/mol. The molecule has 0 saturated carbocycles. The molecule has 0 bridgehead atoms. The molecule has 0 saturated heterocycles. The number of carbonyl (C=O) groups excluding carboxylic acids is 1. The van der Waals surface area contributed by atoms with Crippen LogP contribution in [0, 0.1) is 0 Å². The molecule has 0 atom stereocenters. The van der Waals surface area contributed by atoms with Crippen LogP contribution in [0.4, 0.5) is 0 Å². The zero-order chi connectivity index (χ0) is 14.5. The number of ether oxygens (including phenoxy) is 1. The van der Waals surface area contributed by atoms with Crippen LogP contribution in [0.25, 0.3) is 0 Å². The summed E-state index contributed by atoms with van der Waals surface area (Å²) in [5, 5.41) is 28.1. The summed E-state index contributed by atoms with van der Waals surface area (Å²) in [6.45, 7) is -0.681. The summed E-state index contributed by atoms with van der Waals surface area (Å²) in [7, 11) is 0. The Bertz CT molecular complexity index is 607. The SMILES string of the molecule is O=C(Oc1ccccc1)c1cc(CO)c(CO)cc1O. The topological polar surface area (TPSA) is 87.0 Å². The van der Waals surface area contributed by atoms with E-state index in [2.05, 4.69) is 0 Å². The second kappa shape index (κ2) is 6.18. The molecule has 0 aliphatic carbocycles. The molecule has 0 fully saturated rings. The van der Waals surface area contributed by atoms with E-state index in [4.69, 9.17) is 9.84 Å². The second-order valence-corrected chi connectivity index (χ2v) is 4.16. The Hall–Kier alpha value is -2.37. The largest absolute Gasteiger partial charge is 0.507 e. The minimum atomic E-state index is -0.729. The molecular weight excluding hydrogens is 260 g/mol. The fourth-order valence-corrected chi connectivity index (χ4v) is 1.78. The van der Waals surface area contributed by atoms with Gasteiger partial charge in [-0.05, 0) is 35.4 Å². The van der Waals surface area contributed by atoms with Crippen molar-refractivity contribution in [3.8, 4) is 11.5 Å². The lowest BCUT2D eigenvalue weighted by Crippen LogP contribution is -2.10. The van der Waals surface area contributed by atoms with Crippen molar-refractivity contribution in [1.82, 2.24) is 0 Å². The molecule has 20 heavy (non-hydrogen) atoms. The van der Waals surface area contributed by atoms with Crippen molar-refractivity contribution >= 4 is 5.97 Å². The van der Waals surface area contributed by atoms with E-state index >= 15 is 0 Å². The van der Waals surface area contributed by atoms with E-state index in [-0.39, 0.29) is 24.5 Å². The van der Waals surface area contributed by atoms with Crippen LogP contribution in [-0.4, -0.2) is 21.3 Å². The number of phenolic OH excluding ortho intramolecular Hbond substituents is 1. The van der Waals surface area contributed by atoms with Crippen molar-refractivity contribution in [3.63, 3.8) is 0 Å². The molecule has 5 nitrogen and oxygen atoms in total. The van der Waals surface area contributed by atoms with Gasteiger partial charge in [0.1, 0.15) is 17.1 Å². The highest BCUT2D eigenvalue weighted by Gasteiger charge is 2.16. The van der Waals surface area contributed by atoms with Crippen LogP contribution in [0.1, 0.15) is 21.5 Å². The van der Waals surface area contributed by atoms with Crippen LogP contribution in [0.2, 0.25) is 0 Å². The fourth-order valence-electron chi connectivity index (χ4n) is 1.78. The number of aromatic hydroxyl groups is 1. The van der Waals surface area contributed by atoms with Gasteiger partial charge in [-0.15, -0.1) is 0 Å². The van der Waals surface area contributed by atoms with Crippen LogP contribution >= 0.6 is 0 Å². The van der Waals surface area contributed by atoms with Gasteiger partial charge < -0.3 is 20.1 Å². The summed E-state index contributed by atoms with van der Waals surface area (Å²) >= 11 is 0. The van der Waals surface area contributed by atoms with Crippen LogP contribution in [0.3, 0.4) is 0 Å². The molecule has 3 N–H and O–H groups in total. The van der Waals surface area contributed by atoms with E-state index in [1.54, 1.807) is 30.3 Å². The minimum absolute atomic E-state index is 0.0601. The first-order valence-electron chi connectivity index (χ1n) is 5.99. The molecule has 0 unspecified atom stereocenters. The van der Waals surface area contributed by atoms with Gasteiger partial charge in [0.2, 0.25) is 0 Å². The third-order valence-electron chi connectivity index (χ3n) is 2.83. The number of aliphatic hydroxyl groups is 2. The van der Waals surface area contributed by atoms with E-state index in [9.17, 15) is 15.0 Å². The lowest BCUT2D eigenvalue weighted by Gasteiger charge is -2.10. The van der Waals surface area contributed by atoms with Crippen molar-refractivity contribution in [3.05, 3.63) is 59.2 Å². The summed E-state index contributed by atoms with van der Waals surface area (Å²) in [6.07, 6.45) is 0. The number of esters is 1. The fraction of sp³-hybridized carbons (Fsp3) is 0.133. The standard InChI is InChI=1S/C15H14O5/c16-8-10-6-13(14(18)7-11(10)9-17)15(19)20-12-4-2-1-3-5-12/h1-7,16-18H,8-9H2. The van der Waals surface area contributed by atoms with Gasteiger partial charge in [-0.2, -0.15) is 0 Å². The number of carbonyl (C=O) groups is 1. The molecule has 0 aliphatic heterocycles. The highest BCUT2D eigenvalue weighted by atomic mass is 16.5. The van der Waals surface area contributed by atoms with Gasteiger partial charge in [0.05, 0.1) is 13.2 Å². The van der Waals surface area contributed by atoms with Gasteiger partial charge in [0, 0.05) is 0 Å². The molecule has 0 spiro atoms. The summed E-state index contributed by atoms with van der Waals surface area (Å²) < 4.78 is 5.11. The average Bonchev–Trinajstić information content (AvgIpc) is 2.47. The van der Waals surface area contributed by atoms with E-state index in [0.717, 1.165) is 0 Å².